The zero-order valence-corrected chi connectivity index (χ0v) is 12.8. The molecular formula is C14H29N3O2. The number of nitrogens with zero attached hydrogens (tertiary/aromatic N) is 1. The van der Waals surface area contributed by atoms with E-state index in [9.17, 15) is 4.79 Å². The first-order valence-corrected chi connectivity index (χ1v) is 7.24. The Bertz CT molecular complexity index is 270. The second-order valence-corrected chi connectivity index (χ2v) is 6.30. The van der Waals surface area contributed by atoms with Gasteiger partial charge in [0.15, 0.2) is 0 Å². The molecule has 1 aliphatic heterocycles. The predicted octanol–water partition coefficient (Wildman–Crippen LogP) is 1.44. The van der Waals surface area contributed by atoms with Gasteiger partial charge in [0.05, 0.1) is 0 Å². The lowest BCUT2D eigenvalue weighted by atomic mass is 9.98. The van der Waals surface area contributed by atoms with E-state index < -0.39 is 5.60 Å². The standard InChI is InChI=1S/C14H29N3O2/c1-14(2,3)19-13(18)17(4)10-9-16-11-12-5-7-15-8-6-12/h12,15-16H,5-11H2,1-4H3. The van der Waals surface area contributed by atoms with Crippen molar-refractivity contribution in [1.82, 2.24) is 15.5 Å². The van der Waals surface area contributed by atoms with Crippen LogP contribution in [0.5, 0.6) is 0 Å². The molecule has 0 aliphatic carbocycles. The van der Waals surface area contributed by atoms with Crippen LogP contribution >= 0.6 is 0 Å². The topological polar surface area (TPSA) is 53.6 Å². The molecule has 0 spiro atoms. The molecule has 0 atom stereocenters. The third-order valence-electron chi connectivity index (χ3n) is 3.22. The minimum Gasteiger partial charge on any atom is -0.444 e. The number of ether oxygens (including phenoxy) is 1. The number of amides is 1. The van der Waals surface area contributed by atoms with Gasteiger partial charge in [0.25, 0.3) is 0 Å². The number of nitrogens with one attached hydrogen (secondary N) is 2. The maximum absolute atomic E-state index is 11.7. The van der Waals surface area contributed by atoms with Gasteiger partial charge in [0.1, 0.15) is 5.60 Å². The molecular weight excluding hydrogens is 242 g/mol. The van der Waals surface area contributed by atoms with Crippen LogP contribution in [0.2, 0.25) is 0 Å². The summed E-state index contributed by atoms with van der Waals surface area (Å²) in [6.45, 7) is 10.5. The molecule has 112 valence electrons. The first-order chi connectivity index (χ1) is 8.88. The fraction of sp³-hybridized carbons (Fsp3) is 0.929. The number of rotatable bonds is 5. The largest absolute Gasteiger partial charge is 0.444 e. The maximum atomic E-state index is 11.7. The predicted molar refractivity (Wildman–Crippen MR) is 77.3 cm³/mol. The average molecular weight is 271 g/mol. The first-order valence-electron chi connectivity index (χ1n) is 7.24. The highest BCUT2D eigenvalue weighted by atomic mass is 16.6. The van der Waals surface area contributed by atoms with Crippen LogP contribution in [-0.4, -0.2) is 56.4 Å². The van der Waals surface area contributed by atoms with Crippen molar-refractivity contribution in [3.8, 4) is 0 Å². The van der Waals surface area contributed by atoms with E-state index in [1.54, 1.807) is 11.9 Å². The highest BCUT2D eigenvalue weighted by Crippen LogP contribution is 2.10. The molecule has 1 amide bonds. The third kappa shape index (κ3) is 7.38. The minimum atomic E-state index is -0.423. The van der Waals surface area contributed by atoms with Crippen molar-refractivity contribution in [2.75, 3.05) is 39.8 Å². The Kier molecular flexibility index (Phi) is 6.58. The Hall–Kier alpha value is -0.810. The highest BCUT2D eigenvalue weighted by Gasteiger charge is 2.19. The van der Waals surface area contributed by atoms with Gasteiger partial charge in [-0.05, 0) is 59.2 Å². The summed E-state index contributed by atoms with van der Waals surface area (Å²) in [5, 5.41) is 6.79. The first kappa shape index (κ1) is 16.2. The summed E-state index contributed by atoms with van der Waals surface area (Å²) in [5.74, 6) is 0.771. The van der Waals surface area contributed by atoms with E-state index in [1.165, 1.54) is 12.8 Å². The quantitative estimate of drug-likeness (QED) is 0.743. The number of hydrogen-bond donors (Lipinski definition) is 2. The van der Waals surface area contributed by atoms with Crippen LogP contribution < -0.4 is 10.6 Å². The molecule has 1 aliphatic rings. The summed E-state index contributed by atoms with van der Waals surface area (Å²) in [5.41, 5.74) is -0.423. The van der Waals surface area contributed by atoms with Gasteiger partial charge in [-0.25, -0.2) is 4.79 Å². The van der Waals surface area contributed by atoms with Crippen molar-refractivity contribution in [3.63, 3.8) is 0 Å². The van der Waals surface area contributed by atoms with Gasteiger partial charge in [-0.1, -0.05) is 0 Å². The fourth-order valence-electron chi connectivity index (χ4n) is 2.07. The van der Waals surface area contributed by atoms with Crippen molar-refractivity contribution in [2.24, 2.45) is 5.92 Å². The number of carbonyl (C=O) groups excluding carboxylic acids is 1. The summed E-state index contributed by atoms with van der Waals surface area (Å²) >= 11 is 0. The minimum absolute atomic E-state index is 0.254. The van der Waals surface area contributed by atoms with E-state index in [2.05, 4.69) is 10.6 Å². The second-order valence-electron chi connectivity index (χ2n) is 6.30. The van der Waals surface area contributed by atoms with Crippen molar-refractivity contribution in [2.45, 2.75) is 39.2 Å². The van der Waals surface area contributed by atoms with Crippen LogP contribution in [0.25, 0.3) is 0 Å². The van der Waals surface area contributed by atoms with Gasteiger partial charge < -0.3 is 20.3 Å². The highest BCUT2D eigenvalue weighted by molar-refractivity contribution is 5.67. The molecule has 0 unspecified atom stereocenters. The second kappa shape index (κ2) is 7.70. The molecule has 0 aromatic rings. The summed E-state index contributed by atoms with van der Waals surface area (Å²) in [4.78, 5) is 13.3. The van der Waals surface area contributed by atoms with Crippen LogP contribution in [-0.2, 0) is 4.74 Å². The number of carbonyl (C=O) groups is 1. The molecule has 0 aromatic carbocycles. The van der Waals surface area contributed by atoms with Gasteiger partial charge >= 0.3 is 6.09 Å². The van der Waals surface area contributed by atoms with Crippen molar-refractivity contribution in [3.05, 3.63) is 0 Å². The Balaban J connectivity index is 2.09. The van der Waals surface area contributed by atoms with Gasteiger partial charge in [-0.3, -0.25) is 0 Å². The van der Waals surface area contributed by atoms with Crippen LogP contribution in [0.4, 0.5) is 4.79 Å². The smallest absolute Gasteiger partial charge is 0.410 e. The maximum Gasteiger partial charge on any atom is 0.410 e. The summed E-state index contributed by atoms with van der Waals surface area (Å²) < 4.78 is 5.30. The average Bonchev–Trinajstić information content (AvgIpc) is 2.33. The lowest BCUT2D eigenvalue weighted by molar-refractivity contribution is 0.0300. The Morgan fingerprint density at radius 1 is 1.37 bits per heavy atom. The molecule has 0 radical (unpaired) electrons. The lowest BCUT2D eigenvalue weighted by Gasteiger charge is -2.25. The summed E-state index contributed by atoms with van der Waals surface area (Å²) in [6, 6.07) is 0. The lowest BCUT2D eigenvalue weighted by Crippen LogP contribution is -2.39. The molecule has 1 fully saturated rings. The van der Waals surface area contributed by atoms with E-state index in [0.717, 1.165) is 32.1 Å². The molecule has 1 rings (SSSR count). The summed E-state index contributed by atoms with van der Waals surface area (Å²) in [6.07, 6.45) is 2.24. The summed E-state index contributed by atoms with van der Waals surface area (Å²) in [7, 11) is 1.78. The monoisotopic (exact) mass is 271 g/mol. The Labute approximate surface area is 117 Å². The Morgan fingerprint density at radius 2 is 2.00 bits per heavy atom. The van der Waals surface area contributed by atoms with Crippen molar-refractivity contribution < 1.29 is 9.53 Å². The van der Waals surface area contributed by atoms with E-state index in [-0.39, 0.29) is 6.09 Å². The third-order valence-corrected chi connectivity index (χ3v) is 3.22. The van der Waals surface area contributed by atoms with Crippen molar-refractivity contribution in [1.29, 1.82) is 0 Å². The fourth-order valence-corrected chi connectivity index (χ4v) is 2.07. The zero-order valence-electron chi connectivity index (χ0n) is 12.8. The number of likely N-dealkylation sites (N-methyl/N-ethyl adjacent to an activating group) is 1. The molecule has 0 saturated carbocycles. The SMILES string of the molecule is CN(CCNCC1CCNCC1)C(=O)OC(C)(C)C. The van der Waals surface area contributed by atoms with Gasteiger partial charge in [0.2, 0.25) is 0 Å². The van der Waals surface area contributed by atoms with Crippen LogP contribution in [0.3, 0.4) is 0 Å². The molecule has 5 heteroatoms. The van der Waals surface area contributed by atoms with Gasteiger partial charge in [0, 0.05) is 20.1 Å². The van der Waals surface area contributed by atoms with Gasteiger partial charge in [-0.15, -0.1) is 0 Å². The molecule has 1 heterocycles. The molecule has 1 saturated heterocycles. The van der Waals surface area contributed by atoms with E-state index >= 15 is 0 Å². The molecule has 2 N–H and O–H groups in total. The van der Waals surface area contributed by atoms with Crippen molar-refractivity contribution >= 4 is 6.09 Å². The molecule has 0 bridgehead atoms. The van der Waals surface area contributed by atoms with E-state index in [4.69, 9.17) is 4.74 Å². The molecule has 19 heavy (non-hydrogen) atoms. The van der Waals surface area contributed by atoms with Crippen LogP contribution in [0, 0.1) is 5.92 Å². The van der Waals surface area contributed by atoms with Gasteiger partial charge in [-0.2, -0.15) is 0 Å². The zero-order chi connectivity index (χ0) is 14.3. The van der Waals surface area contributed by atoms with E-state index in [0.29, 0.717) is 6.54 Å². The normalized spacial score (nSPS) is 17.3. The van der Waals surface area contributed by atoms with Crippen LogP contribution in [0.15, 0.2) is 0 Å². The number of hydrogen-bond acceptors (Lipinski definition) is 4. The molecule has 5 nitrogen and oxygen atoms in total. The number of piperidine rings is 1. The van der Waals surface area contributed by atoms with Crippen LogP contribution in [0.1, 0.15) is 33.6 Å². The Morgan fingerprint density at radius 3 is 2.58 bits per heavy atom. The molecule has 0 aromatic heterocycles. The van der Waals surface area contributed by atoms with E-state index in [1.807, 2.05) is 20.8 Å².